The summed E-state index contributed by atoms with van der Waals surface area (Å²) in [5.74, 6) is 0.334. The van der Waals surface area contributed by atoms with Crippen molar-refractivity contribution in [2.24, 2.45) is 0 Å². The zero-order valence-corrected chi connectivity index (χ0v) is 11.1. The third-order valence-electron chi connectivity index (χ3n) is 4.01. The SMILES string of the molecule is Oc1ccc(Cl)cc1CN1CCOC2CCCC21. The second-order valence-electron chi connectivity index (χ2n) is 5.15. The predicted molar refractivity (Wildman–Crippen MR) is 70.9 cm³/mol. The normalized spacial score (nSPS) is 28.3. The highest BCUT2D eigenvalue weighted by molar-refractivity contribution is 6.30. The monoisotopic (exact) mass is 267 g/mol. The van der Waals surface area contributed by atoms with Crippen LogP contribution >= 0.6 is 11.6 Å². The van der Waals surface area contributed by atoms with Gasteiger partial charge in [0.1, 0.15) is 5.75 Å². The van der Waals surface area contributed by atoms with Gasteiger partial charge in [0, 0.05) is 29.7 Å². The van der Waals surface area contributed by atoms with E-state index in [-0.39, 0.29) is 0 Å². The molecule has 1 heterocycles. The van der Waals surface area contributed by atoms with Crippen molar-refractivity contribution in [2.45, 2.75) is 38.0 Å². The van der Waals surface area contributed by atoms with Crippen LogP contribution in [0.1, 0.15) is 24.8 Å². The molecule has 2 atom stereocenters. The smallest absolute Gasteiger partial charge is 0.120 e. The Hall–Kier alpha value is -0.770. The van der Waals surface area contributed by atoms with Crippen LogP contribution in [0.3, 0.4) is 0 Å². The van der Waals surface area contributed by atoms with Crippen molar-refractivity contribution in [3.05, 3.63) is 28.8 Å². The number of halogens is 1. The topological polar surface area (TPSA) is 32.7 Å². The van der Waals surface area contributed by atoms with Crippen LogP contribution in [-0.2, 0) is 11.3 Å². The van der Waals surface area contributed by atoms with Gasteiger partial charge < -0.3 is 9.84 Å². The lowest BCUT2D eigenvalue weighted by atomic mass is 10.1. The van der Waals surface area contributed by atoms with Crippen LogP contribution in [0.5, 0.6) is 5.75 Å². The average Bonchev–Trinajstić information content (AvgIpc) is 2.83. The lowest BCUT2D eigenvalue weighted by Gasteiger charge is -2.37. The molecule has 3 nitrogen and oxygen atoms in total. The molecule has 1 aliphatic heterocycles. The van der Waals surface area contributed by atoms with Gasteiger partial charge in [-0.15, -0.1) is 0 Å². The fraction of sp³-hybridized carbons (Fsp3) is 0.571. The summed E-state index contributed by atoms with van der Waals surface area (Å²) in [6, 6.07) is 5.76. The Labute approximate surface area is 112 Å². The molecule has 2 aliphatic rings. The molecular formula is C14H18ClNO2. The van der Waals surface area contributed by atoms with Crippen LogP contribution in [0, 0.1) is 0 Å². The van der Waals surface area contributed by atoms with Gasteiger partial charge in [0.05, 0.1) is 12.7 Å². The molecule has 1 aromatic rings. The number of hydrogen-bond acceptors (Lipinski definition) is 3. The first kappa shape index (κ1) is 12.3. The van der Waals surface area contributed by atoms with Crippen LogP contribution in [-0.4, -0.2) is 35.3 Å². The highest BCUT2D eigenvalue weighted by atomic mass is 35.5. The van der Waals surface area contributed by atoms with Gasteiger partial charge in [-0.1, -0.05) is 11.6 Å². The largest absolute Gasteiger partial charge is 0.508 e. The Morgan fingerprint density at radius 3 is 3.17 bits per heavy atom. The van der Waals surface area contributed by atoms with Gasteiger partial charge in [0.2, 0.25) is 0 Å². The lowest BCUT2D eigenvalue weighted by Crippen LogP contribution is -2.47. The number of nitrogens with zero attached hydrogens (tertiary/aromatic N) is 1. The summed E-state index contributed by atoms with van der Waals surface area (Å²) in [5.41, 5.74) is 0.912. The minimum atomic E-state index is 0.334. The van der Waals surface area contributed by atoms with E-state index in [0.29, 0.717) is 22.9 Å². The van der Waals surface area contributed by atoms with E-state index in [1.165, 1.54) is 19.3 Å². The average molecular weight is 268 g/mol. The Morgan fingerprint density at radius 1 is 1.39 bits per heavy atom. The molecule has 2 fully saturated rings. The first-order valence-corrected chi connectivity index (χ1v) is 6.95. The summed E-state index contributed by atoms with van der Waals surface area (Å²) in [6.07, 6.45) is 4.00. The minimum absolute atomic E-state index is 0.334. The Morgan fingerprint density at radius 2 is 2.28 bits per heavy atom. The third-order valence-corrected chi connectivity index (χ3v) is 4.25. The predicted octanol–water partition coefficient (Wildman–Crippen LogP) is 2.80. The van der Waals surface area contributed by atoms with Gasteiger partial charge in [-0.25, -0.2) is 0 Å². The Balaban J connectivity index is 1.77. The maximum Gasteiger partial charge on any atom is 0.120 e. The first-order chi connectivity index (χ1) is 8.74. The van der Waals surface area contributed by atoms with Crippen LogP contribution < -0.4 is 0 Å². The highest BCUT2D eigenvalue weighted by Gasteiger charge is 2.36. The molecule has 1 saturated carbocycles. The molecule has 18 heavy (non-hydrogen) atoms. The summed E-state index contributed by atoms with van der Waals surface area (Å²) in [4.78, 5) is 2.42. The minimum Gasteiger partial charge on any atom is -0.508 e. The molecule has 4 heteroatoms. The Bertz CT molecular complexity index is 438. The molecular weight excluding hydrogens is 250 g/mol. The zero-order chi connectivity index (χ0) is 12.5. The molecule has 98 valence electrons. The van der Waals surface area contributed by atoms with Crippen molar-refractivity contribution in [3.8, 4) is 5.75 Å². The third kappa shape index (κ3) is 2.35. The molecule has 0 aromatic heterocycles. The lowest BCUT2D eigenvalue weighted by molar-refractivity contribution is -0.0589. The van der Waals surface area contributed by atoms with Crippen molar-refractivity contribution in [1.29, 1.82) is 0 Å². The molecule has 0 bridgehead atoms. The second-order valence-corrected chi connectivity index (χ2v) is 5.59. The number of aromatic hydroxyl groups is 1. The van der Waals surface area contributed by atoms with Crippen LogP contribution in [0.4, 0.5) is 0 Å². The molecule has 1 aliphatic carbocycles. The van der Waals surface area contributed by atoms with Crippen LogP contribution in [0.2, 0.25) is 5.02 Å². The van der Waals surface area contributed by atoms with Gasteiger partial charge in [-0.3, -0.25) is 4.90 Å². The van der Waals surface area contributed by atoms with Crippen molar-refractivity contribution in [2.75, 3.05) is 13.2 Å². The van der Waals surface area contributed by atoms with Crippen molar-refractivity contribution >= 4 is 11.6 Å². The number of rotatable bonds is 2. The fourth-order valence-electron chi connectivity index (χ4n) is 3.10. The number of benzene rings is 1. The number of fused-ring (bicyclic) bond motifs is 1. The van der Waals surface area contributed by atoms with E-state index in [4.69, 9.17) is 16.3 Å². The highest BCUT2D eigenvalue weighted by Crippen LogP contribution is 2.32. The second kappa shape index (κ2) is 5.08. The van der Waals surface area contributed by atoms with Crippen molar-refractivity contribution < 1.29 is 9.84 Å². The summed E-state index contributed by atoms with van der Waals surface area (Å²) >= 11 is 5.99. The molecule has 3 rings (SSSR count). The van der Waals surface area contributed by atoms with Gasteiger partial charge in [0.15, 0.2) is 0 Å². The van der Waals surface area contributed by atoms with E-state index >= 15 is 0 Å². The molecule has 2 unspecified atom stereocenters. The molecule has 1 N–H and O–H groups in total. The number of morpholine rings is 1. The van der Waals surface area contributed by atoms with Crippen molar-refractivity contribution in [3.63, 3.8) is 0 Å². The Kier molecular flexibility index (Phi) is 3.46. The number of hydrogen-bond donors (Lipinski definition) is 1. The summed E-state index contributed by atoms with van der Waals surface area (Å²) in [5, 5.41) is 10.6. The van der Waals surface area contributed by atoms with Gasteiger partial charge in [0.25, 0.3) is 0 Å². The number of phenolic OH excluding ortho intramolecular Hbond substituents is 1. The summed E-state index contributed by atoms with van der Waals surface area (Å²) in [6.45, 7) is 2.49. The van der Waals surface area contributed by atoms with E-state index in [2.05, 4.69) is 4.90 Å². The van der Waals surface area contributed by atoms with E-state index in [0.717, 1.165) is 25.3 Å². The number of phenols is 1. The van der Waals surface area contributed by atoms with E-state index in [9.17, 15) is 5.11 Å². The zero-order valence-electron chi connectivity index (χ0n) is 10.3. The summed E-state index contributed by atoms with van der Waals surface area (Å²) in [7, 11) is 0. The van der Waals surface area contributed by atoms with E-state index in [1.807, 2.05) is 6.07 Å². The molecule has 1 saturated heterocycles. The van der Waals surface area contributed by atoms with E-state index < -0.39 is 0 Å². The van der Waals surface area contributed by atoms with Crippen LogP contribution in [0.25, 0.3) is 0 Å². The maximum atomic E-state index is 9.89. The van der Waals surface area contributed by atoms with Gasteiger partial charge in [-0.2, -0.15) is 0 Å². The molecule has 0 spiro atoms. The molecule has 0 amide bonds. The van der Waals surface area contributed by atoms with Gasteiger partial charge >= 0.3 is 0 Å². The van der Waals surface area contributed by atoms with Gasteiger partial charge in [-0.05, 0) is 37.5 Å². The van der Waals surface area contributed by atoms with Crippen molar-refractivity contribution in [1.82, 2.24) is 4.90 Å². The quantitative estimate of drug-likeness (QED) is 0.894. The van der Waals surface area contributed by atoms with Crippen LogP contribution in [0.15, 0.2) is 18.2 Å². The molecule has 1 aromatic carbocycles. The maximum absolute atomic E-state index is 9.89. The van der Waals surface area contributed by atoms with E-state index in [1.54, 1.807) is 12.1 Å². The molecule has 0 radical (unpaired) electrons. The standard InChI is InChI=1S/C14H18ClNO2/c15-11-4-5-13(17)10(8-11)9-16-6-7-18-14-3-1-2-12(14)16/h4-5,8,12,14,17H,1-3,6-7,9H2. The summed E-state index contributed by atoms with van der Waals surface area (Å²) < 4.78 is 5.79. The fourth-order valence-corrected chi connectivity index (χ4v) is 3.30. The number of ether oxygens (including phenoxy) is 1. The first-order valence-electron chi connectivity index (χ1n) is 6.57.